The Kier molecular flexibility index (Phi) is 6.18. The van der Waals surface area contributed by atoms with Crippen LogP contribution in [-0.2, 0) is 16.2 Å². The lowest BCUT2D eigenvalue weighted by atomic mass is 9.98. The molecule has 2 aromatic rings. The fourth-order valence-electron chi connectivity index (χ4n) is 2.34. The predicted octanol–water partition coefficient (Wildman–Crippen LogP) is 3.75. The zero-order chi connectivity index (χ0) is 16.7. The summed E-state index contributed by atoms with van der Waals surface area (Å²) >= 11 is 0. The Morgan fingerprint density at radius 2 is 1.87 bits per heavy atom. The molecule has 1 amide bonds. The normalized spacial score (nSPS) is 10.6. The van der Waals surface area contributed by atoms with Gasteiger partial charge in [-0.3, -0.25) is 9.63 Å². The molecule has 0 aromatic heterocycles. The maximum atomic E-state index is 11.7. The van der Waals surface area contributed by atoms with Crippen LogP contribution >= 0.6 is 0 Å². The Labute approximate surface area is 137 Å². The quantitative estimate of drug-likeness (QED) is 0.792. The number of amides is 1. The second kappa shape index (κ2) is 8.34. The highest BCUT2D eigenvalue weighted by atomic mass is 16.7. The van der Waals surface area contributed by atoms with Crippen molar-refractivity contribution >= 4 is 5.91 Å². The van der Waals surface area contributed by atoms with Crippen LogP contribution in [0.2, 0.25) is 0 Å². The predicted molar refractivity (Wildman–Crippen MR) is 90.1 cm³/mol. The molecular weight excluding hydrogens is 290 g/mol. The number of hydrogen-bond donors (Lipinski definition) is 1. The van der Waals surface area contributed by atoms with Gasteiger partial charge in [0.25, 0.3) is 5.91 Å². The molecule has 4 heteroatoms. The van der Waals surface area contributed by atoms with Gasteiger partial charge in [-0.25, -0.2) is 5.48 Å². The number of rotatable bonds is 7. The van der Waals surface area contributed by atoms with Crippen LogP contribution in [0.5, 0.6) is 5.75 Å². The van der Waals surface area contributed by atoms with Crippen molar-refractivity contribution in [1.82, 2.24) is 5.48 Å². The van der Waals surface area contributed by atoms with Crippen molar-refractivity contribution in [3.05, 3.63) is 65.2 Å². The first kappa shape index (κ1) is 17.0. The first-order valence-electron chi connectivity index (χ1n) is 7.74. The minimum Gasteiger partial charge on any atom is -0.484 e. The molecule has 0 spiro atoms. The summed E-state index contributed by atoms with van der Waals surface area (Å²) in [5, 5.41) is 0. The van der Waals surface area contributed by atoms with Crippen LogP contribution < -0.4 is 10.2 Å². The fourth-order valence-corrected chi connectivity index (χ4v) is 2.34. The summed E-state index contributed by atoms with van der Waals surface area (Å²) in [6.07, 6.45) is 0. The average molecular weight is 313 g/mol. The molecule has 0 aliphatic rings. The van der Waals surface area contributed by atoms with E-state index in [2.05, 4.69) is 19.3 Å². The number of ether oxygens (including phenoxy) is 1. The lowest BCUT2D eigenvalue weighted by Crippen LogP contribution is -2.28. The van der Waals surface area contributed by atoms with E-state index in [1.54, 1.807) is 0 Å². The van der Waals surface area contributed by atoms with Crippen molar-refractivity contribution in [2.75, 3.05) is 6.61 Å². The first-order chi connectivity index (χ1) is 11.1. The Hall–Kier alpha value is -2.33. The summed E-state index contributed by atoms with van der Waals surface area (Å²) in [5.74, 6) is 0.843. The molecule has 122 valence electrons. The van der Waals surface area contributed by atoms with Crippen molar-refractivity contribution in [2.24, 2.45) is 0 Å². The van der Waals surface area contributed by atoms with Gasteiger partial charge in [0.2, 0.25) is 0 Å². The number of benzene rings is 2. The van der Waals surface area contributed by atoms with E-state index in [0.717, 1.165) is 5.56 Å². The summed E-state index contributed by atoms with van der Waals surface area (Å²) in [4.78, 5) is 16.9. The number of hydroxylamine groups is 1. The van der Waals surface area contributed by atoms with Crippen LogP contribution in [0.15, 0.2) is 48.5 Å². The van der Waals surface area contributed by atoms with Crippen molar-refractivity contribution in [1.29, 1.82) is 0 Å². The van der Waals surface area contributed by atoms with E-state index in [0.29, 0.717) is 18.3 Å². The second-order valence-electron chi connectivity index (χ2n) is 5.76. The molecule has 0 fully saturated rings. The number of aryl methyl sites for hydroxylation is 1. The highest BCUT2D eigenvalue weighted by molar-refractivity contribution is 5.76. The number of carbonyl (C=O) groups is 1. The molecule has 2 rings (SSSR count). The first-order valence-corrected chi connectivity index (χ1v) is 7.74. The molecule has 0 unspecified atom stereocenters. The minimum atomic E-state index is -0.313. The molecule has 0 radical (unpaired) electrons. The van der Waals surface area contributed by atoms with Gasteiger partial charge in [-0.15, -0.1) is 0 Å². The molecule has 0 aliphatic heterocycles. The third-order valence-electron chi connectivity index (χ3n) is 3.50. The molecule has 0 saturated heterocycles. The average Bonchev–Trinajstić information content (AvgIpc) is 2.53. The minimum absolute atomic E-state index is 0.0742. The van der Waals surface area contributed by atoms with Gasteiger partial charge in [0.15, 0.2) is 6.61 Å². The van der Waals surface area contributed by atoms with Gasteiger partial charge >= 0.3 is 0 Å². The summed E-state index contributed by atoms with van der Waals surface area (Å²) < 4.78 is 5.49. The third kappa shape index (κ3) is 5.42. The number of carbonyl (C=O) groups excluding carboxylic acids is 1. The van der Waals surface area contributed by atoms with E-state index in [9.17, 15) is 4.79 Å². The fraction of sp³-hybridized carbons (Fsp3) is 0.316. The molecule has 4 nitrogen and oxygen atoms in total. The number of hydrogen-bond acceptors (Lipinski definition) is 3. The highest BCUT2D eigenvalue weighted by Crippen LogP contribution is 2.23. The number of nitrogens with one attached hydrogen (secondary N) is 1. The van der Waals surface area contributed by atoms with Crippen LogP contribution in [0.3, 0.4) is 0 Å². The molecule has 0 aliphatic carbocycles. The zero-order valence-electron chi connectivity index (χ0n) is 13.8. The largest absolute Gasteiger partial charge is 0.484 e. The van der Waals surface area contributed by atoms with Crippen molar-refractivity contribution < 1.29 is 14.4 Å². The van der Waals surface area contributed by atoms with Gasteiger partial charge < -0.3 is 4.74 Å². The molecule has 2 aromatic carbocycles. The Balaban J connectivity index is 1.75. The molecule has 23 heavy (non-hydrogen) atoms. The highest BCUT2D eigenvalue weighted by Gasteiger charge is 2.07. The lowest BCUT2D eigenvalue weighted by molar-refractivity contribution is -0.136. The van der Waals surface area contributed by atoms with E-state index < -0.39 is 0 Å². The smallest absolute Gasteiger partial charge is 0.281 e. The SMILES string of the molecule is Cc1cc(OCC(=O)NOCc2ccccc2)ccc1C(C)C. The summed E-state index contributed by atoms with van der Waals surface area (Å²) in [5.41, 5.74) is 5.83. The van der Waals surface area contributed by atoms with Crippen molar-refractivity contribution in [3.63, 3.8) is 0 Å². The summed E-state index contributed by atoms with van der Waals surface area (Å²) in [6, 6.07) is 15.5. The van der Waals surface area contributed by atoms with Crippen LogP contribution in [0.25, 0.3) is 0 Å². The van der Waals surface area contributed by atoms with Gasteiger partial charge in [0.05, 0.1) is 6.61 Å². The lowest BCUT2D eigenvalue weighted by Gasteiger charge is -2.12. The Bertz CT molecular complexity index is 638. The zero-order valence-corrected chi connectivity index (χ0v) is 13.8. The van der Waals surface area contributed by atoms with Gasteiger partial charge in [-0.05, 0) is 41.7 Å². The van der Waals surface area contributed by atoms with Crippen LogP contribution in [-0.4, -0.2) is 12.5 Å². The maximum absolute atomic E-state index is 11.7. The van der Waals surface area contributed by atoms with Gasteiger partial charge in [0, 0.05) is 0 Å². The topological polar surface area (TPSA) is 47.6 Å². The van der Waals surface area contributed by atoms with Gasteiger partial charge in [-0.1, -0.05) is 50.2 Å². The van der Waals surface area contributed by atoms with E-state index in [1.165, 1.54) is 11.1 Å². The Morgan fingerprint density at radius 3 is 2.52 bits per heavy atom. The monoisotopic (exact) mass is 313 g/mol. The second-order valence-corrected chi connectivity index (χ2v) is 5.76. The van der Waals surface area contributed by atoms with Gasteiger partial charge in [0.1, 0.15) is 5.75 Å². The molecule has 0 heterocycles. The standard InChI is InChI=1S/C19H23NO3/c1-14(2)18-10-9-17(11-15(18)3)22-13-19(21)20-23-12-16-7-5-4-6-8-16/h4-11,14H,12-13H2,1-3H3,(H,20,21). The van der Waals surface area contributed by atoms with Crippen LogP contribution in [0.1, 0.15) is 36.5 Å². The van der Waals surface area contributed by atoms with E-state index in [-0.39, 0.29) is 12.5 Å². The van der Waals surface area contributed by atoms with E-state index in [4.69, 9.17) is 9.57 Å². The molecular formula is C19H23NO3. The van der Waals surface area contributed by atoms with Crippen molar-refractivity contribution in [3.8, 4) is 5.75 Å². The van der Waals surface area contributed by atoms with E-state index >= 15 is 0 Å². The van der Waals surface area contributed by atoms with Crippen molar-refractivity contribution in [2.45, 2.75) is 33.3 Å². The molecule has 0 bridgehead atoms. The molecule has 0 atom stereocenters. The molecule has 1 N–H and O–H groups in total. The summed E-state index contributed by atoms with van der Waals surface area (Å²) in [6.45, 7) is 6.61. The Morgan fingerprint density at radius 1 is 1.13 bits per heavy atom. The summed E-state index contributed by atoms with van der Waals surface area (Å²) in [7, 11) is 0. The molecule has 0 saturated carbocycles. The van der Waals surface area contributed by atoms with Crippen LogP contribution in [0.4, 0.5) is 0 Å². The van der Waals surface area contributed by atoms with Gasteiger partial charge in [-0.2, -0.15) is 0 Å². The third-order valence-corrected chi connectivity index (χ3v) is 3.50. The maximum Gasteiger partial charge on any atom is 0.281 e. The van der Waals surface area contributed by atoms with E-state index in [1.807, 2.05) is 55.5 Å². The van der Waals surface area contributed by atoms with Crippen LogP contribution in [0, 0.1) is 6.92 Å².